The van der Waals surface area contributed by atoms with Crippen molar-refractivity contribution < 1.29 is 13.2 Å². The second-order valence-corrected chi connectivity index (χ2v) is 7.23. The minimum absolute atomic E-state index is 0.149. The van der Waals surface area contributed by atoms with E-state index in [-0.39, 0.29) is 6.04 Å². The lowest BCUT2D eigenvalue weighted by Crippen LogP contribution is -2.35. The van der Waals surface area contributed by atoms with Crippen molar-refractivity contribution in [3.8, 4) is 0 Å². The highest BCUT2D eigenvalue weighted by Gasteiger charge is 2.38. The van der Waals surface area contributed by atoms with E-state index in [4.69, 9.17) is 4.74 Å². The van der Waals surface area contributed by atoms with Crippen LogP contribution in [-0.4, -0.2) is 45.6 Å². The highest BCUT2D eigenvalue weighted by atomic mass is 32.2. The van der Waals surface area contributed by atoms with Crippen molar-refractivity contribution in [2.75, 3.05) is 32.1 Å². The zero-order chi connectivity index (χ0) is 14.2. The van der Waals surface area contributed by atoms with Crippen LogP contribution in [0, 0.1) is 0 Å². The number of benzene rings is 1. The topological polar surface area (TPSA) is 58.6 Å². The Balaban J connectivity index is 1.89. The molecule has 1 N–H and O–H groups in total. The van der Waals surface area contributed by atoms with E-state index in [1.54, 1.807) is 23.5 Å². The van der Waals surface area contributed by atoms with Crippen LogP contribution in [0.4, 0.5) is 5.69 Å². The highest BCUT2D eigenvalue weighted by Crippen LogP contribution is 2.33. The maximum atomic E-state index is 12.8. The maximum Gasteiger partial charge on any atom is 0.243 e. The summed E-state index contributed by atoms with van der Waals surface area (Å²) in [5.74, 6) is 0. The molecule has 0 bridgehead atoms. The molecular formula is C14H20N2O3S. The molecule has 1 aromatic rings. The van der Waals surface area contributed by atoms with Crippen LogP contribution in [-0.2, 0) is 21.2 Å². The fourth-order valence-electron chi connectivity index (χ4n) is 2.61. The fourth-order valence-corrected chi connectivity index (χ4v) is 4.30. The summed E-state index contributed by atoms with van der Waals surface area (Å²) < 4.78 is 32.2. The Morgan fingerprint density at radius 3 is 2.90 bits per heavy atom. The largest absolute Gasteiger partial charge is 0.384 e. The van der Waals surface area contributed by atoms with Crippen molar-refractivity contribution in [3.63, 3.8) is 0 Å². The first-order valence-corrected chi connectivity index (χ1v) is 8.44. The third kappa shape index (κ3) is 2.55. The molecule has 0 radical (unpaired) electrons. The molecular weight excluding hydrogens is 276 g/mol. The molecule has 6 heteroatoms. The van der Waals surface area contributed by atoms with E-state index in [2.05, 4.69) is 5.32 Å². The van der Waals surface area contributed by atoms with E-state index in [0.717, 1.165) is 31.5 Å². The number of nitrogens with one attached hydrogen (secondary N) is 1. The number of nitrogens with zero attached hydrogens (tertiary/aromatic N) is 1. The molecule has 0 saturated heterocycles. The number of hydrogen-bond donors (Lipinski definition) is 1. The molecule has 1 saturated carbocycles. The van der Waals surface area contributed by atoms with Crippen LogP contribution in [0.5, 0.6) is 0 Å². The summed E-state index contributed by atoms with van der Waals surface area (Å²) in [7, 11) is -1.82. The third-order valence-electron chi connectivity index (χ3n) is 3.87. The standard InChI is InChI=1S/C14H20N2O3S/c1-19-9-8-16(12-3-4-12)20(17,18)13-5-2-11-6-7-15-14(11)10-13/h2,5,10,12,15H,3-4,6-9H2,1H3. The van der Waals surface area contributed by atoms with E-state index in [0.29, 0.717) is 18.0 Å². The lowest BCUT2D eigenvalue weighted by atomic mass is 10.2. The lowest BCUT2D eigenvalue weighted by Gasteiger charge is -2.21. The van der Waals surface area contributed by atoms with Gasteiger partial charge in [-0.3, -0.25) is 0 Å². The van der Waals surface area contributed by atoms with Crippen molar-refractivity contribution in [2.24, 2.45) is 0 Å². The maximum absolute atomic E-state index is 12.8. The molecule has 1 aromatic carbocycles. The highest BCUT2D eigenvalue weighted by molar-refractivity contribution is 7.89. The second-order valence-electron chi connectivity index (χ2n) is 5.34. The van der Waals surface area contributed by atoms with Crippen molar-refractivity contribution in [2.45, 2.75) is 30.2 Å². The van der Waals surface area contributed by atoms with Gasteiger partial charge in [0.15, 0.2) is 0 Å². The molecule has 2 aliphatic rings. The van der Waals surface area contributed by atoms with Crippen molar-refractivity contribution in [3.05, 3.63) is 23.8 Å². The van der Waals surface area contributed by atoms with Crippen molar-refractivity contribution in [1.82, 2.24) is 4.31 Å². The third-order valence-corrected chi connectivity index (χ3v) is 5.82. The first-order valence-electron chi connectivity index (χ1n) is 7.00. The average molecular weight is 296 g/mol. The van der Waals surface area contributed by atoms with Gasteiger partial charge in [-0.25, -0.2) is 8.42 Å². The van der Waals surface area contributed by atoms with E-state index in [1.807, 2.05) is 6.07 Å². The van der Waals surface area contributed by atoms with Crippen LogP contribution < -0.4 is 5.32 Å². The predicted octanol–water partition coefficient (Wildman–Crippen LogP) is 1.45. The van der Waals surface area contributed by atoms with Gasteiger partial charge in [0.25, 0.3) is 0 Å². The van der Waals surface area contributed by atoms with Crippen LogP contribution in [0.15, 0.2) is 23.1 Å². The molecule has 0 unspecified atom stereocenters. The van der Waals surface area contributed by atoms with Gasteiger partial charge in [0.05, 0.1) is 11.5 Å². The Labute approximate surface area is 120 Å². The van der Waals surface area contributed by atoms with E-state index in [9.17, 15) is 8.42 Å². The van der Waals surface area contributed by atoms with Gasteiger partial charge in [-0.1, -0.05) is 6.07 Å². The molecule has 5 nitrogen and oxygen atoms in total. The molecule has 1 heterocycles. The summed E-state index contributed by atoms with van der Waals surface area (Å²) in [6.07, 6.45) is 2.87. The smallest absolute Gasteiger partial charge is 0.243 e. The SMILES string of the molecule is COCCN(C1CC1)S(=O)(=O)c1ccc2c(c1)NCC2. The molecule has 0 aromatic heterocycles. The van der Waals surface area contributed by atoms with Crippen molar-refractivity contribution >= 4 is 15.7 Å². The molecule has 0 spiro atoms. The Bertz CT molecular complexity index is 596. The molecule has 3 rings (SSSR count). The Kier molecular flexibility index (Phi) is 3.70. The number of methoxy groups -OCH3 is 1. The molecule has 0 amide bonds. The average Bonchev–Trinajstić information content (AvgIpc) is 3.15. The minimum atomic E-state index is -3.42. The number of anilines is 1. The predicted molar refractivity (Wildman–Crippen MR) is 77.4 cm³/mol. The Morgan fingerprint density at radius 2 is 2.20 bits per heavy atom. The summed E-state index contributed by atoms with van der Waals surface area (Å²) >= 11 is 0. The lowest BCUT2D eigenvalue weighted by molar-refractivity contribution is 0.177. The number of sulfonamides is 1. The second kappa shape index (κ2) is 5.35. The van der Waals surface area contributed by atoms with E-state index < -0.39 is 10.0 Å². The number of ether oxygens (including phenoxy) is 1. The van der Waals surface area contributed by atoms with Gasteiger partial charge >= 0.3 is 0 Å². The minimum Gasteiger partial charge on any atom is -0.384 e. The number of hydrogen-bond acceptors (Lipinski definition) is 4. The van der Waals surface area contributed by atoms with Gasteiger partial charge in [-0.2, -0.15) is 4.31 Å². The van der Waals surface area contributed by atoms with Gasteiger partial charge < -0.3 is 10.1 Å². The molecule has 1 aliphatic heterocycles. The van der Waals surface area contributed by atoms with Gasteiger partial charge in [0.2, 0.25) is 10.0 Å². The summed E-state index contributed by atoms with van der Waals surface area (Å²) in [6.45, 7) is 1.74. The normalized spacial score (nSPS) is 18.1. The monoisotopic (exact) mass is 296 g/mol. The van der Waals surface area contributed by atoms with Gasteiger partial charge in [-0.15, -0.1) is 0 Å². The van der Waals surface area contributed by atoms with Crippen LogP contribution in [0.1, 0.15) is 18.4 Å². The number of fused-ring (bicyclic) bond motifs is 1. The number of rotatable bonds is 6. The Morgan fingerprint density at radius 1 is 1.40 bits per heavy atom. The summed E-state index contributed by atoms with van der Waals surface area (Å²) in [5.41, 5.74) is 2.15. The molecule has 1 aliphatic carbocycles. The fraction of sp³-hybridized carbons (Fsp3) is 0.571. The zero-order valence-electron chi connectivity index (χ0n) is 11.6. The summed E-state index contributed by atoms with van der Waals surface area (Å²) in [6, 6.07) is 5.56. The molecule has 1 fully saturated rings. The van der Waals surface area contributed by atoms with Crippen LogP contribution >= 0.6 is 0 Å². The van der Waals surface area contributed by atoms with Crippen LogP contribution in [0.3, 0.4) is 0 Å². The Hall–Kier alpha value is -1.11. The first-order chi connectivity index (χ1) is 9.63. The zero-order valence-corrected chi connectivity index (χ0v) is 12.4. The molecule has 20 heavy (non-hydrogen) atoms. The van der Waals surface area contributed by atoms with Crippen LogP contribution in [0.25, 0.3) is 0 Å². The van der Waals surface area contributed by atoms with Gasteiger partial charge in [0, 0.05) is 31.9 Å². The van der Waals surface area contributed by atoms with Crippen LogP contribution in [0.2, 0.25) is 0 Å². The quantitative estimate of drug-likeness (QED) is 0.863. The molecule has 0 atom stereocenters. The van der Waals surface area contributed by atoms with Crippen molar-refractivity contribution in [1.29, 1.82) is 0 Å². The summed E-state index contributed by atoms with van der Waals surface area (Å²) in [5, 5.41) is 3.23. The van der Waals surface area contributed by atoms with Gasteiger partial charge in [-0.05, 0) is 37.0 Å². The molecule has 110 valence electrons. The van der Waals surface area contributed by atoms with E-state index in [1.165, 1.54) is 5.56 Å². The van der Waals surface area contributed by atoms with E-state index >= 15 is 0 Å². The summed E-state index contributed by atoms with van der Waals surface area (Å²) in [4.78, 5) is 0.383. The van der Waals surface area contributed by atoms with Gasteiger partial charge in [0.1, 0.15) is 0 Å². The first kappa shape index (κ1) is 13.9.